The standard InChI is InChI=1S/C15H17N3OS/c16-14(20)9-3-4-10(17-6-9)15(19)18-13-11-7-1-2-8(5-7)12(11)13/h3-4,6-8,11-13H,1-2,5H2,(H2,16,20)(H,18,19). The molecule has 4 atom stereocenters. The predicted octanol–water partition coefficient (Wildman–Crippen LogP) is 1.49. The number of amides is 1. The third-order valence-electron chi connectivity index (χ3n) is 5.31. The molecule has 0 aliphatic heterocycles. The number of thiocarbonyl (C=S) groups is 1. The summed E-state index contributed by atoms with van der Waals surface area (Å²) in [5.74, 6) is 3.14. The zero-order valence-electron chi connectivity index (χ0n) is 11.1. The fourth-order valence-electron chi connectivity index (χ4n) is 4.42. The Bertz CT molecular complexity index is 569. The Morgan fingerprint density at radius 1 is 1.30 bits per heavy atom. The number of carbonyl (C=O) groups is 1. The third kappa shape index (κ3) is 1.76. The van der Waals surface area contributed by atoms with Gasteiger partial charge in [-0.3, -0.25) is 9.78 Å². The summed E-state index contributed by atoms with van der Waals surface area (Å²) in [6, 6.07) is 3.84. The molecular formula is C15H17N3OS. The van der Waals surface area contributed by atoms with Gasteiger partial charge in [-0.1, -0.05) is 12.2 Å². The lowest BCUT2D eigenvalue weighted by molar-refractivity contribution is 0.0939. The van der Waals surface area contributed by atoms with E-state index in [-0.39, 0.29) is 5.91 Å². The summed E-state index contributed by atoms with van der Waals surface area (Å²) in [6.07, 6.45) is 5.68. The number of nitrogens with zero attached hydrogens (tertiary/aromatic N) is 1. The van der Waals surface area contributed by atoms with Crippen LogP contribution in [0.1, 0.15) is 35.3 Å². The largest absolute Gasteiger partial charge is 0.389 e. The molecule has 4 unspecified atom stereocenters. The molecule has 3 N–H and O–H groups in total. The van der Waals surface area contributed by atoms with Gasteiger partial charge in [0.05, 0.1) is 0 Å². The molecule has 3 aliphatic rings. The summed E-state index contributed by atoms with van der Waals surface area (Å²) in [6.45, 7) is 0. The van der Waals surface area contributed by atoms with Crippen LogP contribution in [0.3, 0.4) is 0 Å². The van der Waals surface area contributed by atoms with Gasteiger partial charge in [0.1, 0.15) is 10.7 Å². The molecular weight excluding hydrogens is 270 g/mol. The van der Waals surface area contributed by atoms with Gasteiger partial charge in [-0.05, 0) is 55.1 Å². The molecule has 1 amide bonds. The molecule has 1 aromatic rings. The molecule has 4 nitrogen and oxygen atoms in total. The lowest BCUT2D eigenvalue weighted by atomic mass is 10.0. The van der Waals surface area contributed by atoms with E-state index in [0.717, 1.165) is 23.7 Å². The quantitative estimate of drug-likeness (QED) is 0.827. The van der Waals surface area contributed by atoms with Gasteiger partial charge in [0.2, 0.25) is 0 Å². The minimum atomic E-state index is -0.0710. The summed E-state index contributed by atoms with van der Waals surface area (Å²) in [5.41, 5.74) is 6.66. The minimum absolute atomic E-state index is 0.0710. The van der Waals surface area contributed by atoms with Gasteiger partial charge in [0.25, 0.3) is 5.91 Å². The summed E-state index contributed by atoms with van der Waals surface area (Å²) >= 11 is 4.88. The van der Waals surface area contributed by atoms with Crippen molar-refractivity contribution < 1.29 is 4.79 Å². The van der Waals surface area contributed by atoms with E-state index in [1.54, 1.807) is 18.3 Å². The van der Waals surface area contributed by atoms with E-state index >= 15 is 0 Å². The first-order chi connectivity index (χ1) is 9.65. The average molecular weight is 287 g/mol. The Morgan fingerprint density at radius 2 is 2.00 bits per heavy atom. The van der Waals surface area contributed by atoms with Gasteiger partial charge < -0.3 is 11.1 Å². The first-order valence-electron chi connectivity index (χ1n) is 7.22. The van der Waals surface area contributed by atoms with Crippen molar-refractivity contribution in [1.82, 2.24) is 10.3 Å². The number of hydrogen-bond donors (Lipinski definition) is 2. The Hall–Kier alpha value is -1.49. The normalized spacial score (nSPS) is 36.5. The van der Waals surface area contributed by atoms with Crippen LogP contribution in [0.4, 0.5) is 0 Å². The molecule has 0 aromatic carbocycles. The topological polar surface area (TPSA) is 68.0 Å². The highest BCUT2D eigenvalue weighted by Gasteiger charge is 2.65. The van der Waals surface area contributed by atoms with E-state index in [4.69, 9.17) is 18.0 Å². The second kappa shape index (κ2) is 4.25. The maximum absolute atomic E-state index is 12.2. The van der Waals surface area contributed by atoms with Crippen LogP contribution in [0, 0.1) is 23.7 Å². The highest BCUT2D eigenvalue weighted by atomic mass is 32.1. The van der Waals surface area contributed by atoms with Gasteiger partial charge in [-0.25, -0.2) is 0 Å². The number of pyridine rings is 1. The fraction of sp³-hybridized carbons (Fsp3) is 0.533. The maximum atomic E-state index is 12.2. The Morgan fingerprint density at radius 3 is 2.55 bits per heavy atom. The number of aromatic nitrogens is 1. The molecule has 0 radical (unpaired) electrons. The van der Waals surface area contributed by atoms with Crippen molar-refractivity contribution in [2.24, 2.45) is 29.4 Å². The average Bonchev–Trinajstić information content (AvgIpc) is 2.84. The van der Waals surface area contributed by atoms with Crippen molar-refractivity contribution in [2.75, 3.05) is 0 Å². The third-order valence-corrected chi connectivity index (χ3v) is 5.55. The van der Waals surface area contributed by atoms with Crippen LogP contribution in [-0.2, 0) is 0 Å². The van der Waals surface area contributed by atoms with Gasteiger partial charge in [0.15, 0.2) is 0 Å². The first kappa shape index (κ1) is 12.3. The van der Waals surface area contributed by atoms with Crippen LogP contribution in [0.2, 0.25) is 0 Å². The van der Waals surface area contributed by atoms with E-state index in [2.05, 4.69) is 10.3 Å². The van der Waals surface area contributed by atoms with Crippen molar-refractivity contribution in [2.45, 2.75) is 25.3 Å². The number of hydrogen-bond acceptors (Lipinski definition) is 3. The zero-order valence-corrected chi connectivity index (χ0v) is 11.9. The Balaban J connectivity index is 1.43. The Labute approximate surface area is 123 Å². The zero-order chi connectivity index (χ0) is 13.9. The van der Waals surface area contributed by atoms with Gasteiger partial charge in [-0.15, -0.1) is 0 Å². The van der Waals surface area contributed by atoms with Crippen LogP contribution in [0.5, 0.6) is 0 Å². The molecule has 0 saturated heterocycles. The van der Waals surface area contributed by atoms with Crippen LogP contribution in [-0.4, -0.2) is 21.9 Å². The van der Waals surface area contributed by atoms with Gasteiger partial charge in [0, 0.05) is 17.8 Å². The lowest BCUT2D eigenvalue weighted by Crippen LogP contribution is -2.30. The summed E-state index contributed by atoms with van der Waals surface area (Å²) < 4.78 is 0. The maximum Gasteiger partial charge on any atom is 0.270 e. The van der Waals surface area contributed by atoms with Crippen LogP contribution in [0.25, 0.3) is 0 Å². The first-order valence-corrected chi connectivity index (χ1v) is 7.62. The molecule has 3 saturated carbocycles. The second-order valence-electron chi connectivity index (χ2n) is 6.28. The molecule has 1 heterocycles. The van der Waals surface area contributed by atoms with Crippen molar-refractivity contribution >= 4 is 23.1 Å². The van der Waals surface area contributed by atoms with Crippen LogP contribution < -0.4 is 11.1 Å². The van der Waals surface area contributed by atoms with E-state index < -0.39 is 0 Å². The number of carbonyl (C=O) groups excluding carboxylic acids is 1. The highest BCUT2D eigenvalue weighted by molar-refractivity contribution is 7.80. The van der Waals surface area contributed by atoms with E-state index in [1.807, 2.05) is 0 Å². The van der Waals surface area contributed by atoms with Crippen molar-refractivity contribution in [3.8, 4) is 0 Å². The van der Waals surface area contributed by atoms with Crippen molar-refractivity contribution in [1.29, 1.82) is 0 Å². The molecule has 2 bridgehead atoms. The minimum Gasteiger partial charge on any atom is -0.389 e. The number of rotatable bonds is 3. The molecule has 1 aromatic heterocycles. The van der Waals surface area contributed by atoms with E-state index in [1.165, 1.54) is 19.3 Å². The monoisotopic (exact) mass is 287 g/mol. The fourth-order valence-corrected chi connectivity index (χ4v) is 4.54. The van der Waals surface area contributed by atoms with Crippen molar-refractivity contribution in [3.05, 3.63) is 29.6 Å². The van der Waals surface area contributed by atoms with Crippen LogP contribution in [0.15, 0.2) is 18.3 Å². The smallest absolute Gasteiger partial charge is 0.270 e. The van der Waals surface area contributed by atoms with Gasteiger partial charge in [-0.2, -0.15) is 0 Å². The van der Waals surface area contributed by atoms with Crippen LogP contribution >= 0.6 is 12.2 Å². The Kier molecular flexibility index (Phi) is 2.61. The highest BCUT2D eigenvalue weighted by Crippen LogP contribution is 2.65. The van der Waals surface area contributed by atoms with Gasteiger partial charge >= 0.3 is 0 Å². The number of nitrogens with two attached hydrogens (primary N) is 1. The SMILES string of the molecule is NC(=S)c1ccc(C(=O)NC2C3C4CCC(C4)C23)nc1. The molecule has 0 spiro atoms. The summed E-state index contributed by atoms with van der Waals surface area (Å²) in [4.78, 5) is 16.7. The summed E-state index contributed by atoms with van der Waals surface area (Å²) in [7, 11) is 0. The lowest BCUT2D eigenvalue weighted by Gasteiger charge is -2.10. The number of fused-ring (bicyclic) bond motifs is 5. The second-order valence-corrected chi connectivity index (χ2v) is 6.72. The predicted molar refractivity (Wildman–Crippen MR) is 79.2 cm³/mol. The number of nitrogens with one attached hydrogen (secondary N) is 1. The summed E-state index contributed by atoms with van der Waals surface area (Å²) in [5, 5.41) is 3.16. The molecule has 20 heavy (non-hydrogen) atoms. The van der Waals surface area contributed by atoms with Crippen molar-refractivity contribution in [3.63, 3.8) is 0 Å². The molecule has 104 valence electrons. The van der Waals surface area contributed by atoms with E-state index in [0.29, 0.717) is 22.3 Å². The molecule has 3 fully saturated rings. The molecule has 5 heteroatoms. The molecule has 3 aliphatic carbocycles. The molecule has 4 rings (SSSR count). The van der Waals surface area contributed by atoms with E-state index in [9.17, 15) is 4.79 Å².